The summed E-state index contributed by atoms with van der Waals surface area (Å²) < 4.78 is 0. The number of rotatable bonds is 0. The average molecular weight is 223 g/mol. The van der Waals surface area contributed by atoms with Gasteiger partial charge in [0.25, 0.3) is 0 Å². The van der Waals surface area contributed by atoms with E-state index in [9.17, 15) is 0 Å². The van der Waals surface area contributed by atoms with Crippen molar-refractivity contribution in [3.8, 4) is 0 Å². The summed E-state index contributed by atoms with van der Waals surface area (Å²) in [5.74, 6) is 0.575. The van der Waals surface area contributed by atoms with E-state index in [1.54, 1.807) is 0 Å². The highest BCUT2D eigenvalue weighted by molar-refractivity contribution is 6.32. The molecule has 1 unspecified atom stereocenters. The Bertz CT molecular complexity index is 403. The number of halogens is 1. The fourth-order valence-electron chi connectivity index (χ4n) is 2.77. The zero-order valence-corrected chi connectivity index (χ0v) is 9.64. The number of nitrogens with zero attached hydrogens (tertiary/aromatic N) is 1. The molecule has 0 saturated heterocycles. The number of hydrogen-bond donors (Lipinski definition) is 1. The Labute approximate surface area is 95.2 Å². The summed E-state index contributed by atoms with van der Waals surface area (Å²) in [6.07, 6.45) is 0. The maximum atomic E-state index is 6.29. The summed E-state index contributed by atoms with van der Waals surface area (Å²) >= 11 is 6.29. The van der Waals surface area contributed by atoms with Gasteiger partial charge in [-0.05, 0) is 17.2 Å². The van der Waals surface area contributed by atoms with E-state index in [0.29, 0.717) is 5.92 Å². The molecule has 15 heavy (non-hydrogen) atoms. The first-order valence-electron chi connectivity index (χ1n) is 5.54. The molecule has 3 rings (SSSR count). The van der Waals surface area contributed by atoms with Crippen molar-refractivity contribution >= 4 is 17.3 Å². The van der Waals surface area contributed by atoms with Gasteiger partial charge in [-0.25, -0.2) is 0 Å². The molecule has 0 bridgehead atoms. The Morgan fingerprint density at radius 3 is 3.20 bits per heavy atom. The van der Waals surface area contributed by atoms with Crippen molar-refractivity contribution < 1.29 is 0 Å². The van der Waals surface area contributed by atoms with Gasteiger partial charge < -0.3 is 10.2 Å². The van der Waals surface area contributed by atoms with Crippen LogP contribution in [0.25, 0.3) is 0 Å². The van der Waals surface area contributed by atoms with Gasteiger partial charge in [0.2, 0.25) is 0 Å². The first-order chi connectivity index (χ1) is 7.27. The van der Waals surface area contributed by atoms with Gasteiger partial charge in [-0.3, -0.25) is 0 Å². The zero-order chi connectivity index (χ0) is 10.4. The first kappa shape index (κ1) is 9.49. The molecule has 0 radical (unpaired) electrons. The van der Waals surface area contributed by atoms with Crippen LogP contribution in [0.1, 0.15) is 24.0 Å². The number of anilines is 1. The molecule has 0 spiro atoms. The molecular formula is C12H15ClN2. The summed E-state index contributed by atoms with van der Waals surface area (Å²) in [6.45, 7) is 6.53. The summed E-state index contributed by atoms with van der Waals surface area (Å²) in [7, 11) is 0. The van der Waals surface area contributed by atoms with E-state index in [1.165, 1.54) is 16.8 Å². The molecule has 2 nitrogen and oxygen atoms in total. The minimum Gasteiger partial charge on any atom is -0.369 e. The second-order valence-corrected chi connectivity index (χ2v) is 4.90. The van der Waals surface area contributed by atoms with Crippen LogP contribution in [0.3, 0.4) is 0 Å². The molecule has 2 aliphatic heterocycles. The minimum atomic E-state index is 0.575. The lowest BCUT2D eigenvalue weighted by atomic mass is 10.0. The van der Waals surface area contributed by atoms with E-state index >= 15 is 0 Å². The maximum absolute atomic E-state index is 6.29. The Morgan fingerprint density at radius 2 is 2.33 bits per heavy atom. The highest BCUT2D eigenvalue weighted by Crippen LogP contribution is 2.43. The van der Waals surface area contributed by atoms with Crippen molar-refractivity contribution in [2.45, 2.75) is 19.4 Å². The topological polar surface area (TPSA) is 15.3 Å². The van der Waals surface area contributed by atoms with Gasteiger partial charge in [0.1, 0.15) is 0 Å². The second-order valence-electron chi connectivity index (χ2n) is 4.49. The highest BCUT2D eigenvalue weighted by Gasteiger charge is 2.30. The van der Waals surface area contributed by atoms with E-state index < -0.39 is 0 Å². The van der Waals surface area contributed by atoms with Crippen molar-refractivity contribution in [2.24, 2.45) is 0 Å². The predicted molar refractivity (Wildman–Crippen MR) is 63.8 cm³/mol. The molecule has 1 N–H and O–H groups in total. The lowest BCUT2D eigenvalue weighted by Crippen LogP contribution is -2.27. The molecule has 2 aliphatic rings. The van der Waals surface area contributed by atoms with Gasteiger partial charge in [-0.15, -0.1) is 0 Å². The van der Waals surface area contributed by atoms with Crippen LogP contribution in [0.5, 0.6) is 0 Å². The van der Waals surface area contributed by atoms with E-state index in [1.807, 2.05) is 6.07 Å². The van der Waals surface area contributed by atoms with E-state index in [4.69, 9.17) is 11.6 Å². The van der Waals surface area contributed by atoms with Crippen LogP contribution in [-0.2, 0) is 6.54 Å². The van der Waals surface area contributed by atoms with Gasteiger partial charge in [-0.2, -0.15) is 0 Å². The first-order valence-corrected chi connectivity index (χ1v) is 5.92. The lowest BCUT2D eigenvalue weighted by Gasteiger charge is -2.18. The fourth-order valence-corrected chi connectivity index (χ4v) is 3.11. The molecule has 0 saturated carbocycles. The van der Waals surface area contributed by atoms with E-state index in [0.717, 1.165) is 31.2 Å². The van der Waals surface area contributed by atoms with Crippen molar-refractivity contribution in [1.82, 2.24) is 5.32 Å². The van der Waals surface area contributed by atoms with Gasteiger partial charge in [0, 0.05) is 42.8 Å². The van der Waals surface area contributed by atoms with Crippen molar-refractivity contribution in [1.29, 1.82) is 0 Å². The summed E-state index contributed by atoms with van der Waals surface area (Å²) in [4.78, 5) is 2.47. The molecule has 1 atom stereocenters. The van der Waals surface area contributed by atoms with Gasteiger partial charge in [0.05, 0.1) is 0 Å². The Morgan fingerprint density at radius 1 is 1.47 bits per heavy atom. The number of hydrogen-bond acceptors (Lipinski definition) is 2. The molecule has 1 aromatic rings. The summed E-state index contributed by atoms with van der Waals surface area (Å²) in [6, 6.07) is 4.20. The molecular weight excluding hydrogens is 208 g/mol. The van der Waals surface area contributed by atoms with Crippen LogP contribution >= 0.6 is 11.6 Å². The summed E-state index contributed by atoms with van der Waals surface area (Å²) in [5, 5.41) is 4.38. The Hall–Kier alpha value is -0.730. The Balaban J connectivity index is 2.22. The molecule has 0 amide bonds. The highest BCUT2D eigenvalue weighted by atomic mass is 35.5. The van der Waals surface area contributed by atoms with Crippen LogP contribution < -0.4 is 10.2 Å². The van der Waals surface area contributed by atoms with Crippen LogP contribution in [-0.4, -0.2) is 19.6 Å². The van der Waals surface area contributed by atoms with Crippen LogP contribution in [0.15, 0.2) is 12.1 Å². The maximum Gasteiger partial charge on any atom is 0.0463 e. The smallest absolute Gasteiger partial charge is 0.0463 e. The molecule has 80 valence electrons. The van der Waals surface area contributed by atoms with Crippen molar-refractivity contribution in [3.05, 3.63) is 28.3 Å². The largest absolute Gasteiger partial charge is 0.369 e. The fraction of sp³-hybridized carbons (Fsp3) is 0.500. The van der Waals surface area contributed by atoms with Gasteiger partial charge in [0.15, 0.2) is 0 Å². The third-order valence-electron chi connectivity index (χ3n) is 3.42. The third-order valence-corrected chi connectivity index (χ3v) is 3.75. The lowest BCUT2D eigenvalue weighted by molar-refractivity contribution is 0.674. The quantitative estimate of drug-likeness (QED) is 0.725. The van der Waals surface area contributed by atoms with Crippen molar-refractivity contribution in [3.63, 3.8) is 0 Å². The zero-order valence-electron chi connectivity index (χ0n) is 8.89. The number of nitrogens with one attached hydrogen (secondary N) is 1. The SMILES string of the molecule is CC1CN2CCNCc3ccc(Cl)c1c32. The van der Waals surface area contributed by atoms with Crippen LogP contribution in [0, 0.1) is 0 Å². The molecule has 2 heterocycles. The molecule has 3 heteroatoms. The number of benzene rings is 1. The molecule has 1 aromatic carbocycles. The van der Waals surface area contributed by atoms with Gasteiger partial charge >= 0.3 is 0 Å². The van der Waals surface area contributed by atoms with Crippen LogP contribution in [0.2, 0.25) is 5.02 Å². The second kappa shape index (κ2) is 3.39. The minimum absolute atomic E-state index is 0.575. The van der Waals surface area contributed by atoms with Gasteiger partial charge in [-0.1, -0.05) is 24.6 Å². The van der Waals surface area contributed by atoms with E-state index in [2.05, 4.69) is 23.2 Å². The van der Waals surface area contributed by atoms with E-state index in [-0.39, 0.29) is 0 Å². The predicted octanol–water partition coefficient (Wildman–Crippen LogP) is 2.37. The summed E-state index contributed by atoms with van der Waals surface area (Å²) in [5.41, 5.74) is 4.16. The monoisotopic (exact) mass is 222 g/mol. The molecule has 0 aromatic heterocycles. The average Bonchev–Trinajstić information content (AvgIpc) is 2.43. The third kappa shape index (κ3) is 1.35. The Kier molecular flexibility index (Phi) is 2.15. The van der Waals surface area contributed by atoms with Crippen molar-refractivity contribution in [2.75, 3.05) is 24.5 Å². The standard InChI is InChI=1S/C12H15ClN2/c1-8-7-15-5-4-14-6-9-2-3-10(13)11(8)12(9)15/h2-3,8,14H,4-7H2,1H3. The normalized spacial score (nSPS) is 23.9. The molecule has 0 aliphatic carbocycles. The van der Waals surface area contributed by atoms with Crippen LogP contribution in [0.4, 0.5) is 5.69 Å². The molecule has 0 fully saturated rings.